The third kappa shape index (κ3) is 7.03. The standard InChI is InChI=1S/C12H22N2O4/c1-3-4-10(12(18)13-5-6-15)7-11(17)14-9(2)8-16/h3,9-10,15-16H,1,4-8H2,2H3,(H,13,18)(H,14,17)/t9-,10-/m1/s1. The van der Waals surface area contributed by atoms with E-state index in [4.69, 9.17) is 10.2 Å². The number of rotatable bonds is 9. The van der Waals surface area contributed by atoms with Gasteiger partial charge in [0.15, 0.2) is 0 Å². The summed E-state index contributed by atoms with van der Waals surface area (Å²) in [7, 11) is 0. The summed E-state index contributed by atoms with van der Waals surface area (Å²) in [6.07, 6.45) is 2.00. The molecule has 0 radical (unpaired) electrons. The molecule has 0 fully saturated rings. The molecule has 104 valence electrons. The molecule has 6 nitrogen and oxygen atoms in total. The van der Waals surface area contributed by atoms with Gasteiger partial charge in [-0.25, -0.2) is 0 Å². The van der Waals surface area contributed by atoms with Crippen LogP contribution < -0.4 is 10.6 Å². The lowest BCUT2D eigenvalue weighted by atomic mass is 9.99. The van der Waals surface area contributed by atoms with E-state index in [1.807, 2.05) is 0 Å². The average Bonchev–Trinajstić information content (AvgIpc) is 2.35. The Bertz CT molecular complexity index is 281. The minimum atomic E-state index is -0.500. The Balaban J connectivity index is 4.29. The molecule has 0 aliphatic heterocycles. The van der Waals surface area contributed by atoms with Gasteiger partial charge in [-0.1, -0.05) is 6.08 Å². The summed E-state index contributed by atoms with van der Waals surface area (Å²) in [4.78, 5) is 23.3. The summed E-state index contributed by atoms with van der Waals surface area (Å²) in [5.74, 6) is -1.07. The lowest BCUT2D eigenvalue weighted by molar-refractivity contribution is -0.130. The molecule has 0 aliphatic carbocycles. The SMILES string of the molecule is C=CC[C@H](CC(=O)N[C@H](C)CO)C(=O)NCCO. The van der Waals surface area contributed by atoms with Gasteiger partial charge in [0.1, 0.15) is 0 Å². The van der Waals surface area contributed by atoms with Crippen molar-refractivity contribution < 1.29 is 19.8 Å². The van der Waals surface area contributed by atoms with Crippen molar-refractivity contribution in [1.82, 2.24) is 10.6 Å². The van der Waals surface area contributed by atoms with Crippen molar-refractivity contribution in [3.63, 3.8) is 0 Å². The monoisotopic (exact) mass is 258 g/mol. The van der Waals surface area contributed by atoms with Crippen LogP contribution in [0.4, 0.5) is 0 Å². The third-order valence-electron chi connectivity index (χ3n) is 2.35. The Morgan fingerprint density at radius 3 is 2.56 bits per heavy atom. The van der Waals surface area contributed by atoms with E-state index in [-0.39, 0.29) is 44.0 Å². The fraction of sp³-hybridized carbons (Fsp3) is 0.667. The van der Waals surface area contributed by atoms with Crippen LogP contribution in [-0.4, -0.2) is 47.8 Å². The van der Waals surface area contributed by atoms with E-state index in [9.17, 15) is 9.59 Å². The molecule has 0 aromatic rings. The van der Waals surface area contributed by atoms with Crippen molar-refractivity contribution in [3.05, 3.63) is 12.7 Å². The number of carbonyl (C=O) groups excluding carboxylic acids is 2. The van der Waals surface area contributed by atoms with E-state index in [1.165, 1.54) is 0 Å². The smallest absolute Gasteiger partial charge is 0.224 e. The van der Waals surface area contributed by atoms with Crippen molar-refractivity contribution >= 4 is 11.8 Å². The zero-order chi connectivity index (χ0) is 14.0. The van der Waals surface area contributed by atoms with Crippen molar-refractivity contribution in [1.29, 1.82) is 0 Å². The van der Waals surface area contributed by atoms with Gasteiger partial charge < -0.3 is 20.8 Å². The van der Waals surface area contributed by atoms with E-state index >= 15 is 0 Å². The van der Waals surface area contributed by atoms with Crippen LogP contribution in [0.25, 0.3) is 0 Å². The van der Waals surface area contributed by atoms with Crippen LogP contribution in [0.5, 0.6) is 0 Å². The number of aliphatic hydroxyl groups is 2. The maximum Gasteiger partial charge on any atom is 0.224 e. The lowest BCUT2D eigenvalue weighted by Crippen LogP contribution is -2.39. The van der Waals surface area contributed by atoms with Crippen molar-refractivity contribution in [3.8, 4) is 0 Å². The van der Waals surface area contributed by atoms with Gasteiger partial charge in [-0.2, -0.15) is 0 Å². The molecule has 0 aromatic carbocycles. The zero-order valence-corrected chi connectivity index (χ0v) is 10.7. The number of aliphatic hydroxyl groups excluding tert-OH is 2. The molecule has 4 N–H and O–H groups in total. The van der Waals surface area contributed by atoms with Crippen molar-refractivity contribution in [2.24, 2.45) is 5.92 Å². The Morgan fingerprint density at radius 1 is 1.39 bits per heavy atom. The summed E-state index contributed by atoms with van der Waals surface area (Å²) in [6.45, 7) is 5.10. The van der Waals surface area contributed by atoms with Gasteiger partial charge in [-0.3, -0.25) is 9.59 Å². The minimum Gasteiger partial charge on any atom is -0.395 e. The fourth-order valence-corrected chi connectivity index (χ4v) is 1.41. The Labute approximate surface area is 107 Å². The number of carbonyl (C=O) groups is 2. The van der Waals surface area contributed by atoms with Crippen LogP contribution in [-0.2, 0) is 9.59 Å². The predicted octanol–water partition coefficient (Wildman–Crippen LogP) is -0.826. The zero-order valence-electron chi connectivity index (χ0n) is 10.7. The molecule has 2 atom stereocenters. The number of nitrogens with one attached hydrogen (secondary N) is 2. The van der Waals surface area contributed by atoms with E-state index in [0.717, 1.165) is 0 Å². The second-order valence-corrected chi connectivity index (χ2v) is 4.09. The van der Waals surface area contributed by atoms with Gasteiger partial charge in [0.2, 0.25) is 11.8 Å². The van der Waals surface area contributed by atoms with E-state index in [0.29, 0.717) is 6.42 Å². The van der Waals surface area contributed by atoms with Crippen LogP contribution in [0.1, 0.15) is 19.8 Å². The van der Waals surface area contributed by atoms with Gasteiger partial charge in [-0.15, -0.1) is 6.58 Å². The molecule has 0 unspecified atom stereocenters. The highest BCUT2D eigenvalue weighted by molar-refractivity contribution is 5.86. The van der Waals surface area contributed by atoms with Crippen LogP contribution >= 0.6 is 0 Å². The quantitative estimate of drug-likeness (QED) is 0.406. The second kappa shape index (κ2) is 9.61. The largest absolute Gasteiger partial charge is 0.395 e. The van der Waals surface area contributed by atoms with Crippen LogP contribution in [0.15, 0.2) is 12.7 Å². The predicted molar refractivity (Wildman–Crippen MR) is 67.7 cm³/mol. The van der Waals surface area contributed by atoms with Gasteiger partial charge in [0.25, 0.3) is 0 Å². The molecular weight excluding hydrogens is 236 g/mol. The number of allylic oxidation sites excluding steroid dienone is 1. The molecule has 0 rings (SSSR count). The molecule has 6 heteroatoms. The Kier molecular flexibility index (Phi) is 8.86. The summed E-state index contributed by atoms with van der Waals surface area (Å²) in [6, 6.07) is -0.331. The maximum absolute atomic E-state index is 11.7. The average molecular weight is 258 g/mol. The molecule has 0 aromatic heterocycles. The summed E-state index contributed by atoms with van der Waals surface area (Å²) < 4.78 is 0. The summed E-state index contributed by atoms with van der Waals surface area (Å²) in [5, 5.41) is 22.5. The van der Waals surface area contributed by atoms with Gasteiger partial charge in [-0.05, 0) is 13.3 Å². The first-order chi connectivity index (χ1) is 8.54. The van der Waals surface area contributed by atoms with Gasteiger partial charge in [0, 0.05) is 19.0 Å². The lowest BCUT2D eigenvalue weighted by Gasteiger charge is -2.16. The maximum atomic E-state index is 11.7. The third-order valence-corrected chi connectivity index (χ3v) is 2.35. The molecule has 18 heavy (non-hydrogen) atoms. The molecule has 0 saturated heterocycles. The van der Waals surface area contributed by atoms with E-state index in [2.05, 4.69) is 17.2 Å². The first kappa shape index (κ1) is 16.6. The summed E-state index contributed by atoms with van der Waals surface area (Å²) >= 11 is 0. The summed E-state index contributed by atoms with van der Waals surface area (Å²) in [5.41, 5.74) is 0. The first-order valence-corrected chi connectivity index (χ1v) is 5.94. The Hall–Kier alpha value is -1.40. The van der Waals surface area contributed by atoms with Crippen molar-refractivity contribution in [2.75, 3.05) is 19.8 Å². The second-order valence-electron chi connectivity index (χ2n) is 4.09. The molecule has 0 bridgehead atoms. The number of amides is 2. The molecule has 0 spiro atoms. The van der Waals surface area contributed by atoms with Crippen LogP contribution in [0.3, 0.4) is 0 Å². The highest BCUT2D eigenvalue weighted by Gasteiger charge is 2.20. The molecule has 2 amide bonds. The van der Waals surface area contributed by atoms with Crippen LogP contribution in [0.2, 0.25) is 0 Å². The Morgan fingerprint density at radius 2 is 2.06 bits per heavy atom. The highest BCUT2D eigenvalue weighted by atomic mass is 16.3. The topological polar surface area (TPSA) is 98.7 Å². The highest BCUT2D eigenvalue weighted by Crippen LogP contribution is 2.09. The minimum absolute atomic E-state index is 0.0353. The van der Waals surface area contributed by atoms with Gasteiger partial charge in [0.05, 0.1) is 19.1 Å². The number of hydrogen-bond donors (Lipinski definition) is 4. The van der Waals surface area contributed by atoms with E-state index in [1.54, 1.807) is 13.0 Å². The van der Waals surface area contributed by atoms with Gasteiger partial charge >= 0.3 is 0 Å². The normalized spacial score (nSPS) is 13.5. The number of hydrogen-bond acceptors (Lipinski definition) is 4. The molecule has 0 aliphatic rings. The van der Waals surface area contributed by atoms with Crippen molar-refractivity contribution in [2.45, 2.75) is 25.8 Å². The fourth-order valence-electron chi connectivity index (χ4n) is 1.41. The van der Waals surface area contributed by atoms with E-state index < -0.39 is 5.92 Å². The van der Waals surface area contributed by atoms with Crippen LogP contribution in [0, 0.1) is 5.92 Å². The molecule has 0 saturated carbocycles. The molecular formula is C12H22N2O4. The molecule has 0 heterocycles. The first-order valence-electron chi connectivity index (χ1n) is 5.94.